The third kappa shape index (κ3) is 4.02. The number of thioether (sulfide) groups is 2. The molecule has 1 atom stereocenters. The zero-order chi connectivity index (χ0) is 19.5. The van der Waals surface area contributed by atoms with Crippen LogP contribution in [0.1, 0.15) is 17.1 Å². The number of carbonyl (C=O) groups excluding carboxylic acids is 2. The van der Waals surface area contributed by atoms with Crippen molar-refractivity contribution in [3.05, 3.63) is 60.2 Å². The first-order valence-electron chi connectivity index (χ1n) is 9.00. The number of benzene rings is 2. The number of carbonyl (C=O) groups is 2. The van der Waals surface area contributed by atoms with Crippen LogP contribution in [-0.4, -0.2) is 35.2 Å². The lowest BCUT2D eigenvalue weighted by Gasteiger charge is -2.30. The minimum absolute atomic E-state index is 0.117. The maximum atomic E-state index is 12.8. The average Bonchev–Trinajstić information content (AvgIpc) is 3.26. The quantitative estimate of drug-likeness (QED) is 0.805. The number of hydrazine groups is 1. The van der Waals surface area contributed by atoms with Gasteiger partial charge in [-0.2, -0.15) is 0 Å². The summed E-state index contributed by atoms with van der Waals surface area (Å²) in [6.45, 7) is 1.68. The van der Waals surface area contributed by atoms with Gasteiger partial charge in [0.1, 0.15) is 6.04 Å². The van der Waals surface area contributed by atoms with E-state index in [0.717, 1.165) is 17.2 Å². The Morgan fingerprint density at radius 3 is 2.64 bits per heavy atom. The van der Waals surface area contributed by atoms with Gasteiger partial charge in [-0.05, 0) is 36.8 Å². The van der Waals surface area contributed by atoms with Crippen molar-refractivity contribution in [2.24, 2.45) is 4.99 Å². The lowest BCUT2D eigenvalue weighted by atomic mass is 10.2. The fourth-order valence-corrected chi connectivity index (χ4v) is 5.85. The summed E-state index contributed by atoms with van der Waals surface area (Å²) in [7, 11) is 0. The highest BCUT2D eigenvalue weighted by molar-refractivity contribution is 8.19. The Balaban J connectivity index is 1.51. The molecule has 2 aliphatic rings. The smallest absolute Gasteiger partial charge is 0.292 e. The summed E-state index contributed by atoms with van der Waals surface area (Å²) >= 11 is 3.84. The summed E-state index contributed by atoms with van der Waals surface area (Å²) < 4.78 is 0.410. The Kier molecular flexibility index (Phi) is 5.59. The number of para-hydroxylation sites is 1. The van der Waals surface area contributed by atoms with E-state index in [-0.39, 0.29) is 17.6 Å². The molecule has 0 spiro atoms. The van der Waals surface area contributed by atoms with Crippen molar-refractivity contribution < 1.29 is 9.59 Å². The highest BCUT2D eigenvalue weighted by atomic mass is 32.2. The first kappa shape index (κ1) is 18.9. The Labute approximate surface area is 172 Å². The van der Waals surface area contributed by atoms with E-state index in [1.807, 2.05) is 59.9 Å². The van der Waals surface area contributed by atoms with E-state index < -0.39 is 6.04 Å². The molecule has 4 rings (SSSR count). The molecule has 2 aromatic carbocycles. The third-order valence-electron chi connectivity index (χ3n) is 4.39. The predicted molar refractivity (Wildman–Crippen MR) is 117 cm³/mol. The molecule has 2 heterocycles. The van der Waals surface area contributed by atoms with Crippen LogP contribution in [0.15, 0.2) is 59.6 Å². The number of anilines is 2. The van der Waals surface area contributed by atoms with Crippen molar-refractivity contribution in [1.82, 2.24) is 5.43 Å². The van der Waals surface area contributed by atoms with Crippen molar-refractivity contribution in [1.29, 1.82) is 0 Å². The number of hydrogen-bond donors (Lipinski definition) is 2. The molecule has 1 unspecified atom stereocenters. The molecule has 2 aliphatic heterocycles. The molecule has 1 fully saturated rings. The van der Waals surface area contributed by atoms with Gasteiger partial charge in [-0.3, -0.25) is 15.0 Å². The predicted octanol–water partition coefficient (Wildman–Crippen LogP) is 3.44. The number of rotatable bonds is 4. The van der Waals surface area contributed by atoms with Gasteiger partial charge in [0.05, 0.1) is 10.3 Å². The molecule has 2 amide bonds. The van der Waals surface area contributed by atoms with Crippen LogP contribution in [0, 0.1) is 0 Å². The van der Waals surface area contributed by atoms with Crippen LogP contribution in [0.2, 0.25) is 0 Å². The summed E-state index contributed by atoms with van der Waals surface area (Å²) in [5.74, 6) is 1.83. The van der Waals surface area contributed by atoms with Crippen LogP contribution in [0.25, 0.3) is 0 Å². The highest BCUT2D eigenvalue weighted by Crippen LogP contribution is 2.45. The van der Waals surface area contributed by atoms with Crippen LogP contribution in [0.4, 0.5) is 11.4 Å². The van der Waals surface area contributed by atoms with Gasteiger partial charge in [-0.15, -0.1) is 23.5 Å². The molecule has 2 N–H and O–H groups in total. The average molecular weight is 413 g/mol. The first-order chi connectivity index (χ1) is 13.6. The summed E-state index contributed by atoms with van der Waals surface area (Å²) in [6, 6.07) is 16.4. The van der Waals surface area contributed by atoms with Gasteiger partial charge >= 0.3 is 0 Å². The summed E-state index contributed by atoms with van der Waals surface area (Å²) in [5.41, 5.74) is 5.43. The molecule has 0 aromatic heterocycles. The van der Waals surface area contributed by atoms with E-state index >= 15 is 0 Å². The summed E-state index contributed by atoms with van der Waals surface area (Å²) in [5, 5.41) is 4.26. The minimum Gasteiger partial charge on any atom is -0.319 e. The van der Waals surface area contributed by atoms with Crippen LogP contribution < -0.4 is 15.8 Å². The number of nitrogens with zero attached hydrogens (tertiary/aromatic N) is 2. The largest absolute Gasteiger partial charge is 0.319 e. The molecule has 8 heteroatoms. The van der Waals surface area contributed by atoms with Crippen LogP contribution in [-0.2, 0) is 9.59 Å². The maximum absolute atomic E-state index is 12.8. The van der Waals surface area contributed by atoms with E-state index in [1.165, 1.54) is 10.6 Å². The third-order valence-corrected chi connectivity index (χ3v) is 7.49. The van der Waals surface area contributed by atoms with E-state index in [9.17, 15) is 9.59 Å². The second kappa shape index (κ2) is 8.28. The topological polar surface area (TPSA) is 73.8 Å². The Morgan fingerprint density at radius 1 is 1.14 bits per heavy atom. The zero-order valence-electron chi connectivity index (χ0n) is 15.3. The van der Waals surface area contributed by atoms with E-state index in [4.69, 9.17) is 0 Å². The minimum atomic E-state index is -0.639. The van der Waals surface area contributed by atoms with Gasteiger partial charge in [0.2, 0.25) is 5.84 Å². The molecular formula is C20H20N4O2S2. The Morgan fingerprint density at radius 2 is 1.89 bits per heavy atom. The monoisotopic (exact) mass is 412 g/mol. The standard InChI is InChI=1S/C20H20N4O2S2/c1-13-19(26)24(16-8-3-2-4-9-16)23-17(21-13)18(25)22-15-7-5-6-14(12-15)20-27-10-11-28-20/h2-9,12-13,20H,10-11H2,1H3,(H,21,23)(H,22,25). The SMILES string of the molecule is CC1N=C(C(=O)Nc2cccc(C3SCCS3)c2)NN(c2ccccc2)C1=O. The van der Waals surface area contributed by atoms with Gasteiger partial charge in [-0.25, -0.2) is 10.0 Å². The fourth-order valence-electron chi connectivity index (χ4n) is 3.01. The fraction of sp³-hybridized carbons (Fsp3) is 0.250. The molecule has 0 bridgehead atoms. The number of nitrogens with one attached hydrogen (secondary N) is 2. The maximum Gasteiger partial charge on any atom is 0.292 e. The van der Waals surface area contributed by atoms with Crippen molar-refractivity contribution in [3.8, 4) is 0 Å². The highest BCUT2D eigenvalue weighted by Gasteiger charge is 2.30. The lowest BCUT2D eigenvalue weighted by molar-refractivity contribution is -0.120. The van der Waals surface area contributed by atoms with Gasteiger partial charge in [0.15, 0.2) is 0 Å². The van der Waals surface area contributed by atoms with Gasteiger partial charge in [0, 0.05) is 17.2 Å². The Bertz CT molecular complexity index is 913. The molecule has 28 heavy (non-hydrogen) atoms. The summed E-state index contributed by atoms with van der Waals surface area (Å²) in [4.78, 5) is 29.5. The Hall–Kier alpha value is -2.45. The number of amidine groups is 1. The molecule has 2 aromatic rings. The van der Waals surface area contributed by atoms with Gasteiger partial charge in [0.25, 0.3) is 11.8 Å². The number of aliphatic imine (C=N–C) groups is 1. The zero-order valence-corrected chi connectivity index (χ0v) is 16.9. The van der Waals surface area contributed by atoms with E-state index in [2.05, 4.69) is 21.8 Å². The van der Waals surface area contributed by atoms with Crippen LogP contribution >= 0.6 is 23.5 Å². The van der Waals surface area contributed by atoms with Crippen molar-refractivity contribution in [2.45, 2.75) is 17.5 Å². The molecular weight excluding hydrogens is 392 g/mol. The lowest BCUT2D eigenvalue weighted by Crippen LogP contribution is -2.57. The molecule has 144 valence electrons. The van der Waals surface area contributed by atoms with Crippen molar-refractivity contribution >= 4 is 52.5 Å². The first-order valence-corrected chi connectivity index (χ1v) is 11.1. The number of hydrogen-bond acceptors (Lipinski definition) is 6. The molecule has 0 radical (unpaired) electrons. The van der Waals surface area contributed by atoms with E-state index in [0.29, 0.717) is 10.3 Å². The molecule has 1 saturated heterocycles. The molecule has 0 saturated carbocycles. The van der Waals surface area contributed by atoms with Crippen molar-refractivity contribution in [2.75, 3.05) is 21.8 Å². The second-order valence-electron chi connectivity index (χ2n) is 6.43. The van der Waals surface area contributed by atoms with Crippen molar-refractivity contribution in [3.63, 3.8) is 0 Å². The molecule has 0 aliphatic carbocycles. The summed E-state index contributed by atoms with van der Waals surface area (Å²) in [6.07, 6.45) is 0. The van der Waals surface area contributed by atoms with Gasteiger partial charge < -0.3 is 5.32 Å². The van der Waals surface area contributed by atoms with Crippen LogP contribution in [0.3, 0.4) is 0 Å². The molecule has 6 nitrogen and oxygen atoms in total. The van der Waals surface area contributed by atoms with Gasteiger partial charge in [-0.1, -0.05) is 30.3 Å². The second-order valence-corrected chi connectivity index (χ2v) is 9.15. The van der Waals surface area contributed by atoms with Crippen LogP contribution in [0.5, 0.6) is 0 Å². The number of amides is 2. The van der Waals surface area contributed by atoms with E-state index in [1.54, 1.807) is 19.1 Å². The normalized spacial score (nSPS) is 19.9.